The molecule has 0 atom stereocenters. The number of hydrogen-bond acceptors (Lipinski definition) is 5. The normalized spacial score (nSPS) is 10.5. The molecule has 3 rings (SSSR count). The quantitative estimate of drug-likeness (QED) is 0.765. The summed E-state index contributed by atoms with van der Waals surface area (Å²) in [5.41, 5.74) is 0.209. The van der Waals surface area contributed by atoms with Gasteiger partial charge in [-0.1, -0.05) is 0 Å². The largest absolute Gasteiger partial charge is 0.322 e. The lowest BCUT2D eigenvalue weighted by Crippen LogP contribution is -2.25. The Balaban J connectivity index is 1.98. The number of anilines is 1. The molecule has 0 fully saturated rings. The van der Waals surface area contributed by atoms with Crippen LogP contribution < -0.4 is 10.9 Å². The molecule has 0 saturated carbocycles. The summed E-state index contributed by atoms with van der Waals surface area (Å²) < 4.78 is 1.35. The second-order valence-corrected chi connectivity index (χ2v) is 4.60. The van der Waals surface area contributed by atoms with E-state index in [9.17, 15) is 9.59 Å². The lowest BCUT2D eigenvalue weighted by atomic mass is 10.3. The first-order valence-electron chi connectivity index (χ1n) is 5.42. The Morgan fingerprint density at radius 3 is 2.89 bits per heavy atom. The Bertz CT molecular complexity index is 794. The molecular weight excluding hydrogens is 264 g/mol. The average molecular weight is 272 g/mol. The van der Waals surface area contributed by atoms with Crippen LogP contribution in [0.5, 0.6) is 0 Å². The number of fused-ring (bicyclic) bond motifs is 1. The van der Waals surface area contributed by atoms with Crippen molar-refractivity contribution < 1.29 is 4.79 Å². The van der Waals surface area contributed by atoms with Gasteiger partial charge in [-0.05, 0) is 12.1 Å². The topological polar surface area (TPSA) is 76.4 Å². The molecule has 0 aliphatic carbocycles. The zero-order valence-corrected chi connectivity index (χ0v) is 10.4. The molecular formula is C12H8N4O2S. The molecule has 3 aromatic rings. The van der Waals surface area contributed by atoms with E-state index < -0.39 is 5.91 Å². The van der Waals surface area contributed by atoms with Crippen LogP contribution in [0.15, 0.2) is 47.1 Å². The van der Waals surface area contributed by atoms with Gasteiger partial charge in [-0.25, -0.2) is 4.98 Å². The molecule has 7 heteroatoms. The van der Waals surface area contributed by atoms with E-state index in [0.29, 0.717) is 10.6 Å². The Morgan fingerprint density at radius 1 is 1.32 bits per heavy atom. The van der Waals surface area contributed by atoms with Crippen LogP contribution in [-0.4, -0.2) is 20.3 Å². The van der Waals surface area contributed by atoms with Crippen molar-refractivity contribution in [2.75, 3.05) is 5.32 Å². The predicted octanol–water partition coefficient (Wildman–Crippen LogP) is 1.40. The monoisotopic (exact) mass is 272 g/mol. The van der Waals surface area contributed by atoms with Crippen molar-refractivity contribution in [1.82, 2.24) is 14.4 Å². The number of carbonyl (C=O) groups excluding carboxylic acids is 1. The van der Waals surface area contributed by atoms with Crippen LogP contribution in [0.4, 0.5) is 5.69 Å². The molecule has 0 spiro atoms. The van der Waals surface area contributed by atoms with E-state index in [4.69, 9.17) is 0 Å². The zero-order valence-electron chi connectivity index (χ0n) is 9.61. The van der Waals surface area contributed by atoms with Gasteiger partial charge in [-0.2, -0.15) is 0 Å². The smallest absolute Gasteiger partial charge is 0.271 e. The van der Waals surface area contributed by atoms with Gasteiger partial charge < -0.3 is 5.32 Å². The highest BCUT2D eigenvalue weighted by Gasteiger charge is 2.13. The minimum absolute atomic E-state index is 0.00714. The fourth-order valence-electron chi connectivity index (χ4n) is 1.61. The number of nitrogens with zero attached hydrogens (tertiary/aromatic N) is 3. The number of rotatable bonds is 2. The van der Waals surface area contributed by atoms with Crippen LogP contribution in [0.2, 0.25) is 0 Å². The minimum atomic E-state index is -0.482. The first kappa shape index (κ1) is 11.5. The first-order chi connectivity index (χ1) is 9.25. The Hall–Kier alpha value is -2.54. The Kier molecular flexibility index (Phi) is 2.81. The van der Waals surface area contributed by atoms with Crippen molar-refractivity contribution in [3.8, 4) is 0 Å². The zero-order chi connectivity index (χ0) is 13.2. The van der Waals surface area contributed by atoms with Crippen LogP contribution in [0.3, 0.4) is 0 Å². The summed E-state index contributed by atoms with van der Waals surface area (Å²) in [6.07, 6.45) is 6.01. The summed E-state index contributed by atoms with van der Waals surface area (Å²) >= 11 is 1.34. The fraction of sp³-hybridized carbons (Fsp3) is 0. The summed E-state index contributed by atoms with van der Waals surface area (Å²) in [5, 5.41) is 4.37. The predicted molar refractivity (Wildman–Crippen MR) is 71.5 cm³/mol. The van der Waals surface area contributed by atoms with Gasteiger partial charge in [0.25, 0.3) is 11.5 Å². The van der Waals surface area contributed by atoms with E-state index in [1.807, 2.05) is 0 Å². The third kappa shape index (κ3) is 2.11. The number of amides is 1. The molecule has 0 saturated heterocycles. The van der Waals surface area contributed by atoms with Crippen LogP contribution >= 0.6 is 11.3 Å². The molecule has 0 aliphatic rings. The summed E-state index contributed by atoms with van der Waals surface area (Å²) in [5.74, 6) is -0.482. The number of aromatic nitrogens is 3. The lowest BCUT2D eigenvalue weighted by molar-refractivity contribution is 0.102. The maximum atomic E-state index is 12.1. The molecule has 19 heavy (non-hydrogen) atoms. The van der Waals surface area contributed by atoms with Crippen molar-refractivity contribution in [3.05, 3.63) is 58.2 Å². The summed E-state index contributed by atoms with van der Waals surface area (Å²) in [6, 6.07) is 3.29. The summed E-state index contributed by atoms with van der Waals surface area (Å²) in [6.45, 7) is 0. The third-order valence-electron chi connectivity index (χ3n) is 2.53. The van der Waals surface area contributed by atoms with E-state index in [1.165, 1.54) is 21.9 Å². The maximum absolute atomic E-state index is 12.1. The van der Waals surface area contributed by atoms with Gasteiger partial charge >= 0.3 is 0 Å². The van der Waals surface area contributed by atoms with Crippen molar-refractivity contribution in [2.24, 2.45) is 0 Å². The number of pyridine rings is 1. The number of nitrogens with one attached hydrogen (secondary N) is 1. The van der Waals surface area contributed by atoms with E-state index >= 15 is 0 Å². The van der Waals surface area contributed by atoms with Crippen LogP contribution in [0.1, 0.15) is 10.4 Å². The average Bonchev–Trinajstić information content (AvgIpc) is 2.89. The first-order valence-corrected chi connectivity index (χ1v) is 6.30. The van der Waals surface area contributed by atoms with Gasteiger partial charge in [0.1, 0.15) is 5.56 Å². The molecule has 94 valence electrons. The number of hydrogen-bond donors (Lipinski definition) is 1. The van der Waals surface area contributed by atoms with Crippen molar-refractivity contribution in [3.63, 3.8) is 0 Å². The standard InChI is InChI=1S/C12H8N4O2S/c17-10(15-8-1-3-13-4-2-8)9-7-14-12-16(11(9)18)5-6-19-12/h1-7H,(H,13,15,17). The highest BCUT2D eigenvalue weighted by molar-refractivity contribution is 7.15. The van der Waals surface area contributed by atoms with Gasteiger partial charge in [-0.15, -0.1) is 11.3 Å². The summed E-state index contributed by atoms with van der Waals surface area (Å²) in [4.78, 5) is 32.6. The van der Waals surface area contributed by atoms with E-state index in [0.717, 1.165) is 0 Å². The minimum Gasteiger partial charge on any atom is -0.322 e. The molecule has 0 aromatic carbocycles. The molecule has 1 amide bonds. The molecule has 1 N–H and O–H groups in total. The second kappa shape index (κ2) is 4.62. The molecule has 3 aromatic heterocycles. The molecule has 0 unspecified atom stereocenters. The highest BCUT2D eigenvalue weighted by atomic mass is 32.1. The molecule has 0 bridgehead atoms. The van der Waals surface area contributed by atoms with E-state index in [-0.39, 0.29) is 11.1 Å². The Labute approximate surface area is 111 Å². The van der Waals surface area contributed by atoms with Crippen molar-refractivity contribution >= 4 is 27.9 Å². The summed E-state index contributed by atoms with van der Waals surface area (Å²) in [7, 11) is 0. The molecule has 0 radical (unpaired) electrons. The molecule has 0 aliphatic heterocycles. The lowest BCUT2D eigenvalue weighted by Gasteiger charge is -2.03. The van der Waals surface area contributed by atoms with Gasteiger partial charge in [-0.3, -0.25) is 19.0 Å². The van der Waals surface area contributed by atoms with Gasteiger partial charge in [0.15, 0.2) is 4.96 Å². The number of carbonyl (C=O) groups is 1. The van der Waals surface area contributed by atoms with Crippen LogP contribution in [0.25, 0.3) is 4.96 Å². The highest BCUT2D eigenvalue weighted by Crippen LogP contribution is 2.08. The van der Waals surface area contributed by atoms with Crippen molar-refractivity contribution in [2.45, 2.75) is 0 Å². The Morgan fingerprint density at radius 2 is 2.11 bits per heavy atom. The van der Waals surface area contributed by atoms with E-state index in [2.05, 4.69) is 15.3 Å². The fourth-order valence-corrected chi connectivity index (χ4v) is 2.29. The van der Waals surface area contributed by atoms with Gasteiger partial charge in [0.2, 0.25) is 0 Å². The van der Waals surface area contributed by atoms with Crippen LogP contribution in [0, 0.1) is 0 Å². The maximum Gasteiger partial charge on any atom is 0.271 e. The molecule has 6 nitrogen and oxygen atoms in total. The SMILES string of the molecule is O=C(Nc1ccncc1)c1cnc2sccn2c1=O. The van der Waals surface area contributed by atoms with E-state index in [1.54, 1.807) is 36.1 Å². The van der Waals surface area contributed by atoms with Gasteiger partial charge in [0.05, 0.1) is 0 Å². The second-order valence-electron chi connectivity index (χ2n) is 3.72. The van der Waals surface area contributed by atoms with Gasteiger partial charge in [0, 0.05) is 35.9 Å². The third-order valence-corrected chi connectivity index (χ3v) is 3.30. The van der Waals surface area contributed by atoms with Crippen molar-refractivity contribution in [1.29, 1.82) is 0 Å². The molecule has 3 heterocycles. The van der Waals surface area contributed by atoms with Crippen LogP contribution in [-0.2, 0) is 0 Å². The number of thiazole rings is 1.